The molecule has 0 aliphatic heterocycles. The lowest BCUT2D eigenvalue weighted by atomic mass is 9.58. The van der Waals surface area contributed by atoms with Gasteiger partial charge in [0, 0.05) is 0 Å². The second-order valence-corrected chi connectivity index (χ2v) is 8.76. The summed E-state index contributed by atoms with van der Waals surface area (Å²) in [6.07, 6.45) is 2.81. The summed E-state index contributed by atoms with van der Waals surface area (Å²) in [5, 5.41) is -0.100. The molecule has 0 amide bonds. The predicted molar refractivity (Wildman–Crippen MR) is 105 cm³/mol. The molecule has 0 aliphatic rings. The minimum absolute atomic E-state index is 0.0169. The molecule has 0 N–H and O–H groups in total. The Morgan fingerprint density at radius 1 is 1.17 bits per heavy atom. The van der Waals surface area contributed by atoms with Gasteiger partial charge >= 0.3 is 5.97 Å². The number of carbonyl (C=O) groups is 1. The van der Waals surface area contributed by atoms with Gasteiger partial charge in [-0.25, -0.2) is 0 Å². The first-order chi connectivity index (χ1) is 11.1. The summed E-state index contributed by atoms with van der Waals surface area (Å²) in [4.78, 5) is 12.7. The second kappa shape index (κ2) is 8.73. The second-order valence-electron chi connectivity index (χ2n) is 8.76. The Morgan fingerprint density at radius 2 is 1.75 bits per heavy atom. The largest absolute Gasteiger partial charge is 0.465 e. The van der Waals surface area contributed by atoms with Crippen molar-refractivity contribution in [1.82, 2.24) is 0 Å². The molecule has 0 heterocycles. The van der Waals surface area contributed by atoms with E-state index in [0.717, 1.165) is 19.3 Å². The highest BCUT2D eigenvalue weighted by Crippen LogP contribution is 2.46. The average molecular weight is 330 g/mol. The monoisotopic (exact) mass is 330 g/mol. The Balaban J connectivity index is 2.90. The van der Waals surface area contributed by atoms with Gasteiger partial charge in [-0.3, -0.25) is 4.79 Å². The number of carbonyl (C=O) groups excluding carboxylic acids is 1. The Hall–Kier alpha value is -1.25. The summed E-state index contributed by atoms with van der Waals surface area (Å²) in [5.41, 5.74) is 1.35. The zero-order chi connectivity index (χ0) is 18.4. The molecule has 24 heavy (non-hydrogen) atoms. The maximum atomic E-state index is 12.7. The molecule has 0 spiro atoms. The Bertz CT molecular complexity index is 502. The fourth-order valence-electron chi connectivity index (χ4n) is 3.06. The van der Waals surface area contributed by atoms with Gasteiger partial charge < -0.3 is 4.74 Å². The first-order valence-corrected chi connectivity index (χ1v) is 9.31. The van der Waals surface area contributed by atoms with Gasteiger partial charge in [-0.15, -0.1) is 0 Å². The van der Waals surface area contributed by atoms with Gasteiger partial charge in [-0.05, 0) is 29.7 Å². The van der Waals surface area contributed by atoms with Crippen molar-refractivity contribution in [2.75, 3.05) is 6.61 Å². The van der Waals surface area contributed by atoms with Crippen LogP contribution in [0.1, 0.15) is 72.3 Å². The van der Waals surface area contributed by atoms with Crippen molar-refractivity contribution in [3.63, 3.8) is 0 Å². The predicted octanol–water partition coefficient (Wildman–Crippen LogP) is 5.00. The van der Waals surface area contributed by atoms with E-state index in [1.165, 1.54) is 5.56 Å². The third kappa shape index (κ3) is 6.00. The lowest BCUT2D eigenvalue weighted by molar-refractivity contribution is -0.151. The first-order valence-electron chi connectivity index (χ1n) is 9.31. The zero-order valence-electron chi connectivity index (χ0n) is 16.7. The minimum Gasteiger partial charge on any atom is -0.465 e. The topological polar surface area (TPSA) is 26.3 Å². The van der Waals surface area contributed by atoms with Gasteiger partial charge in [0.2, 0.25) is 0 Å². The molecule has 134 valence electrons. The van der Waals surface area contributed by atoms with Gasteiger partial charge in [0.15, 0.2) is 0 Å². The van der Waals surface area contributed by atoms with Gasteiger partial charge in [0.05, 0.1) is 12.5 Å². The van der Waals surface area contributed by atoms with Crippen LogP contribution in [0.5, 0.6) is 0 Å². The average Bonchev–Trinajstić information content (AvgIpc) is 2.52. The van der Waals surface area contributed by atoms with Crippen LogP contribution in [0, 0.1) is 11.3 Å². The van der Waals surface area contributed by atoms with E-state index in [9.17, 15) is 4.79 Å². The molecule has 0 fully saturated rings. The van der Waals surface area contributed by atoms with Crippen molar-refractivity contribution in [3.05, 3.63) is 35.9 Å². The summed E-state index contributed by atoms with van der Waals surface area (Å²) >= 11 is 0. The lowest BCUT2D eigenvalue weighted by Crippen LogP contribution is -2.34. The van der Waals surface area contributed by atoms with Gasteiger partial charge in [0.25, 0.3) is 0 Å². The van der Waals surface area contributed by atoms with Crippen molar-refractivity contribution < 1.29 is 9.53 Å². The van der Waals surface area contributed by atoms with Crippen molar-refractivity contribution in [2.45, 2.75) is 72.0 Å². The molecule has 0 bridgehead atoms. The highest BCUT2D eigenvalue weighted by atomic mass is 16.5. The first kappa shape index (κ1) is 20.8. The van der Waals surface area contributed by atoms with E-state index in [1.54, 1.807) is 0 Å². The summed E-state index contributed by atoms with van der Waals surface area (Å²) < 4.78 is 5.56. The number of unbranched alkanes of at least 4 members (excludes halogenated alkanes) is 1. The fraction of sp³-hybridized carbons (Fsp3) is 0.667. The molecule has 1 rings (SSSR count). The van der Waals surface area contributed by atoms with Crippen LogP contribution in [-0.4, -0.2) is 20.4 Å². The molecule has 3 heteroatoms. The third-order valence-corrected chi connectivity index (χ3v) is 5.27. The lowest BCUT2D eigenvalue weighted by Gasteiger charge is -2.39. The van der Waals surface area contributed by atoms with Crippen molar-refractivity contribution >= 4 is 13.8 Å². The molecule has 2 atom stereocenters. The number of hydrogen-bond acceptors (Lipinski definition) is 2. The summed E-state index contributed by atoms with van der Waals surface area (Å²) in [7, 11) is 2.14. The maximum Gasteiger partial charge on any atom is 0.308 e. The number of benzene rings is 1. The third-order valence-electron chi connectivity index (χ3n) is 5.27. The molecule has 2 nitrogen and oxygen atoms in total. The maximum absolute atomic E-state index is 12.7. The van der Waals surface area contributed by atoms with Crippen LogP contribution >= 0.6 is 0 Å². The summed E-state index contributed by atoms with van der Waals surface area (Å²) in [6.45, 7) is 13.7. The van der Waals surface area contributed by atoms with E-state index in [2.05, 4.69) is 73.7 Å². The van der Waals surface area contributed by atoms with Crippen LogP contribution in [0.3, 0.4) is 0 Å². The fourth-order valence-corrected chi connectivity index (χ4v) is 3.06. The highest BCUT2D eigenvalue weighted by Gasteiger charge is 2.39. The van der Waals surface area contributed by atoms with Crippen LogP contribution < -0.4 is 0 Å². The van der Waals surface area contributed by atoms with Crippen LogP contribution in [0.2, 0.25) is 5.31 Å². The quantitative estimate of drug-likeness (QED) is 0.362. The van der Waals surface area contributed by atoms with Crippen molar-refractivity contribution in [3.8, 4) is 0 Å². The molecule has 0 aromatic heterocycles. The van der Waals surface area contributed by atoms with Crippen LogP contribution in [0.15, 0.2) is 30.3 Å². The highest BCUT2D eigenvalue weighted by molar-refractivity contribution is 6.16. The number of hydrogen-bond donors (Lipinski definition) is 0. The molecular weight excluding hydrogens is 295 g/mol. The van der Waals surface area contributed by atoms with Crippen LogP contribution in [0.4, 0.5) is 0 Å². The Kier molecular flexibility index (Phi) is 7.57. The molecule has 0 radical (unpaired) electrons. The van der Waals surface area contributed by atoms with Gasteiger partial charge in [0.1, 0.15) is 7.85 Å². The standard InChI is InChI=1S/C21H35BO2/c1-7-8-14-24-19(23)18(21(5,6)22)15-20(3,4)16(2)17-12-10-9-11-13-17/h9-13,16,18H,7-8,14-15,22H2,1-6H3. The Labute approximate surface area is 149 Å². The summed E-state index contributed by atoms with van der Waals surface area (Å²) in [6, 6.07) is 10.6. The number of ether oxygens (including phenoxy) is 1. The Morgan fingerprint density at radius 3 is 2.25 bits per heavy atom. The van der Waals surface area contributed by atoms with Crippen LogP contribution in [0.25, 0.3) is 0 Å². The van der Waals surface area contributed by atoms with E-state index in [0.29, 0.717) is 12.5 Å². The molecule has 1 aromatic carbocycles. The zero-order valence-corrected chi connectivity index (χ0v) is 16.7. The van der Waals surface area contributed by atoms with E-state index >= 15 is 0 Å². The van der Waals surface area contributed by atoms with E-state index in [4.69, 9.17) is 4.74 Å². The van der Waals surface area contributed by atoms with E-state index in [1.807, 2.05) is 6.07 Å². The molecular formula is C21H35BO2. The smallest absolute Gasteiger partial charge is 0.308 e. The minimum atomic E-state index is -0.100. The molecule has 2 unspecified atom stereocenters. The normalized spacial score (nSPS) is 14.9. The van der Waals surface area contributed by atoms with Crippen molar-refractivity contribution in [2.24, 2.45) is 11.3 Å². The summed E-state index contributed by atoms with van der Waals surface area (Å²) in [5.74, 6) is 0.256. The SMILES string of the molecule is BC(C)(C)C(CC(C)(C)C(C)c1ccccc1)C(=O)OCCCC. The van der Waals surface area contributed by atoms with E-state index in [-0.39, 0.29) is 22.6 Å². The number of esters is 1. The molecule has 0 saturated carbocycles. The van der Waals surface area contributed by atoms with E-state index < -0.39 is 0 Å². The van der Waals surface area contributed by atoms with Gasteiger partial charge in [-0.2, -0.15) is 0 Å². The molecule has 1 aromatic rings. The molecule has 0 aliphatic carbocycles. The molecule has 0 saturated heterocycles. The van der Waals surface area contributed by atoms with Crippen molar-refractivity contribution in [1.29, 1.82) is 0 Å². The van der Waals surface area contributed by atoms with Crippen LogP contribution in [-0.2, 0) is 9.53 Å². The van der Waals surface area contributed by atoms with Gasteiger partial charge in [-0.1, -0.05) is 83.6 Å². The number of rotatable bonds is 9.